The molecule has 2 aromatic heterocycles. The van der Waals surface area contributed by atoms with E-state index in [2.05, 4.69) is 35.0 Å². The summed E-state index contributed by atoms with van der Waals surface area (Å²) in [6, 6.07) is 7.46. The molecule has 3 aromatic rings. The fraction of sp³-hybridized carbons (Fsp3) is 0.333. The molecule has 1 N–H and O–H groups in total. The van der Waals surface area contributed by atoms with Crippen molar-refractivity contribution in [2.75, 3.05) is 24.5 Å². The molecule has 4 rings (SSSR count). The lowest BCUT2D eigenvalue weighted by molar-refractivity contribution is 0.0945. The lowest BCUT2D eigenvalue weighted by atomic mass is 9.96. The Kier molecular flexibility index (Phi) is 4.89. The number of rotatable bonds is 4. The molecule has 0 aliphatic carbocycles. The first-order valence-corrected chi connectivity index (χ1v) is 9.44. The van der Waals surface area contributed by atoms with Gasteiger partial charge in [-0.15, -0.1) is 0 Å². The van der Waals surface area contributed by atoms with E-state index in [-0.39, 0.29) is 5.91 Å². The molecule has 8 nitrogen and oxygen atoms in total. The summed E-state index contributed by atoms with van der Waals surface area (Å²) in [5.74, 6) is 0.956. The van der Waals surface area contributed by atoms with Gasteiger partial charge in [0.05, 0.1) is 11.7 Å². The van der Waals surface area contributed by atoms with E-state index in [1.807, 2.05) is 6.07 Å². The van der Waals surface area contributed by atoms with Gasteiger partial charge in [0, 0.05) is 37.6 Å². The van der Waals surface area contributed by atoms with Gasteiger partial charge in [-0.1, -0.05) is 0 Å². The van der Waals surface area contributed by atoms with Crippen molar-refractivity contribution in [2.24, 2.45) is 5.92 Å². The summed E-state index contributed by atoms with van der Waals surface area (Å²) in [6.07, 6.45) is 4.99. The Bertz CT molecular complexity index is 1000. The Morgan fingerprint density at radius 1 is 1.22 bits per heavy atom. The normalized spacial score (nSPS) is 14.9. The van der Waals surface area contributed by atoms with E-state index >= 15 is 0 Å². The average Bonchev–Trinajstić information content (AvgIpc) is 3.20. The summed E-state index contributed by atoms with van der Waals surface area (Å²) < 4.78 is 8.32. The SMILES string of the molecule is N#Cc1nccnc1N1CCC(CNC(=O)c2ccc3nsnc3c2)CC1. The van der Waals surface area contributed by atoms with Gasteiger partial charge in [0.2, 0.25) is 0 Å². The second kappa shape index (κ2) is 7.63. The van der Waals surface area contributed by atoms with Gasteiger partial charge in [-0.3, -0.25) is 4.79 Å². The molecule has 1 aliphatic heterocycles. The van der Waals surface area contributed by atoms with Crippen LogP contribution in [0.2, 0.25) is 0 Å². The quantitative estimate of drug-likeness (QED) is 0.738. The Labute approximate surface area is 160 Å². The monoisotopic (exact) mass is 379 g/mol. The molecule has 0 spiro atoms. The van der Waals surface area contributed by atoms with Crippen LogP contribution < -0.4 is 10.2 Å². The summed E-state index contributed by atoms with van der Waals surface area (Å²) >= 11 is 1.14. The van der Waals surface area contributed by atoms with Crippen molar-refractivity contribution in [3.8, 4) is 6.07 Å². The molecule has 0 bridgehead atoms. The van der Waals surface area contributed by atoms with E-state index in [0.29, 0.717) is 29.5 Å². The van der Waals surface area contributed by atoms with Crippen molar-refractivity contribution >= 4 is 34.5 Å². The van der Waals surface area contributed by atoms with Crippen LogP contribution in [-0.4, -0.2) is 44.3 Å². The van der Waals surface area contributed by atoms with Gasteiger partial charge in [-0.25, -0.2) is 9.97 Å². The maximum Gasteiger partial charge on any atom is 0.251 e. The molecule has 0 saturated carbocycles. The van der Waals surface area contributed by atoms with Gasteiger partial charge in [0.25, 0.3) is 5.91 Å². The average molecular weight is 379 g/mol. The highest BCUT2D eigenvalue weighted by molar-refractivity contribution is 7.00. The largest absolute Gasteiger partial charge is 0.354 e. The summed E-state index contributed by atoms with van der Waals surface area (Å²) in [4.78, 5) is 22.9. The number of anilines is 1. The Morgan fingerprint density at radius 2 is 2.00 bits per heavy atom. The molecule has 3 heterocycles. The first-order valence-electron chi connectivity index (χ1n) is 8.71. The van der Waals surface area contributed by atoms with Crippen LogP contribution >= 0.6 is 11.7 Å². The first-order chi connectivity index (χ1) is 13.2. The Hall–Kier alpha value is -3.12. The predicted molar refractivity (Wildman–Crippen MR) is 101 cm³/mol. The summed E-state index contributed by atoms with van der Waals surface area (Å²) in [6.45, 7) is 2.22. The van der Waals surface area contributed by atoms with E-state index < -0.39 is 0 Å². The van der Waals surface area contributed by atoms with Gasteiger partial charge >= 0.3 is 0 Å². The summed E-state index contributed by atoms with van der Waals surface area (Å²) in [7, 11) is 0. The summed E-state index contributed by atoms with van der Waals surface area (Å²) in [5, 5.41) is 12.2. The van der Waals surface area contributed by atoms with Crippen LogP contribution in [0.3, 0.4) is 0 Å². The minimum Gasteiger partial charge on any atom is -0.354 e. The number of benzene rings is 1. The number of nitrogens with zero attached hydrogens (tertiary/aromatic N) is 6. The molecular formula is C18H17N7OS. The minimum atomic E-state index is -0.0898. The number of nitrogens with one attached hydrogen (secondary N) is 1. The van der Waals surface area contributed by atoms with Crippen molar-refractivity contribution in [2.45, 2.75) is 12.8 Å². The maximum atomic E-state index is 12.4. The topological polar surface area (TPSA) is 108 Å². The number of nitriles is 1. The van der Waals surface area contributed by atoms with Crippen LogP contribution in [0, 0.1) is 17.2 Å². The molecule has 1 aromatic carbocycles. The van der Waals surface area contributed by atoms with Gasteiger partial charge in [-0.2, -0.15) is 14.0 Å². The standard InChI is InChI=1S/C18H17N7OS/c19-10-16-17(21-6-5-20-16)25-7-3-12(4-8-25)11-22-18(26)13-1-2-14-15(9-13)24-27-23-14/h1-2,5-6,9,12H,3-4,7-8,11H2,(H,22,26). The van der Waals surface area contributed by atoms with Crippen molar-refractivity contribution in [1.82, 2.24) is 24.0 Å². The number of fused-ring (bicyclic) bond motifs is 1. The molecule has 0 radical (unpaired) electrons. The Balaban J connectivity index is 1.31. The third kappa shape index (κ3) is 3.71. The third-order valence-corrected chi connectivity index (χ3v) is 5.32. The molecular weight excluding hydrogens is 362 g/mol. The molecule has 0 unspecified atom stereocenters. The number of aromatic nitrogens is 4. The second-order valence-electron chi connectivity index (χ2n) is 6.45. The fourth-order valence-electron chi connectivity index (χ4n) is 3.25. The molecule has 27 heavy (non-hydrogen) atoms. The Morgan fingerprint density at radius 3 is 2.81 bits per heavy atom. The van der Waals surface area contributed by atoms with E-state index in [9.17, 15) is 10.1 Å². The van der Waals surface area contributed by atoms with Gasteiger partial charge < -0.3 is 10.2 Å². The number of hydrogen-bond donors (Lipinski definition) is 1. The summed E-state index contributed by atoms with van der Waals surface area (Å²) in [5.41, 5.74) is 2.52. The van der Waals surface area contributed by atoms with Crippen LogP contribution in [0.4, 0.5) is 5.82 Å². The van der Waals surface area contributed by atoms with Crippen molar-refractivity contribution in [1.29, 1.82) is 5.26 Å². The number of amides is 1. The van der Waals surface area contributed by atoms with Crippen LogP contribution in [0.25, 0.3) is 11.0 Å². The fourth-order valence-corrected chi connectivity index (χ4v) is 3.77. The van der Waals surface area contributed by atoms with E-state index in [1.54, 1.807) is 18.3 Å². The molecule has 9 heteroatoms. The number of hydrogen-bond acceptors (Lipinski definition) is 8. The highest BCUT2D eigenvalue weighted by Crippen LogP contribution is 2.23. The number of carbonyl (C=O) groups excluding carboxylic acids is 1. The lowest BCUT2D eigenvalue weighted by Gasteiger charge is -2.32. The highest BCUT2D eigenvalue weighted by Gasteiger charge is 2.23. The van der Waals surface area contributed by atoms with E-state index in [1.165, 1.54) is 6.20 Å². The van der Waals surface area contributed by atoms with Crippen LogP contribution in [0.15, 0.2) is 30.6 Å². The molecule has 1 amide bonds. The van der Waals surface area contributed by atoms with E-state index in [4.69, 9.17) is 0 Å². The van der Waals surface area contributed by atoms with Crippen LogP contribution in [0.5, 0.6) is 0 Å². The van der Waals surface area contributed by atoms with Gasteiger partial charge in [0.1, 0.15) is 17.1 Å². The molecule has 1 saturated heterocycles. The van der Waals surface area contributed by atoms with Gasteiger partial charge in [-0.05, 0) is 37.0 Å². The number of carbonyl (C=O) groups is 1. The predicted octanol–water partition coefficient (Wildman–Crippen LogP) is 2.00. The second-order valence-corrected chi connectivity index (χ2v) is 6.98. The molecule has 1 aliphatic rings. The van der Waals surface area contributed by atoms with Crippen molar-refractivity contribution < 1.29 is 4.79 Å². The minimum absolute atomic E-state index is 0.0898. The zero-order valence-electron chi connectivity index (χ0n) is 14.5. The molecule has 0 atom stereocenters. The van der Waals surface area contributed by atoms with Gasteiger partial charge in [0.15, 0.2) is 11.5 Å². The zero-order chi connectivity index (χ0) is 18.6. The zero-order valence-corrected chi connectivity index (χ0v) is 15.3. The molecule has 136 valence electrons. The third-order valence-electron chi connectivity index (χ3n) is 4.77. The highest BCUT2D eigenvalue weighted by atomic mass is 32.1. The van der Waals surface area contributed by atoms with Crippen molar-refractivity contribution in [3.63, 3.8) is 0 Å². The number of piperidine rings is 1. The van der Waals surface area contributed by atoms with Crippen LogP contribution in [-0.2, 0) is 0 Å². The lowest BCUT2D eigenvalue weighted by Crippen LogP contribution is -2.39. The smallest absolute Gasteiger partial charge is 0.251 e. The van der Waals surface area contributed by atoms with E-state index in [0.717, 1.165) is 48.7 Å². The van der Waals surface area contributed by atoms with Crippen LogP contribution in [0.1, 0.15) is 28.9 Å². The first kappa shape index (κ1) is 17.3. The molecule has 1 fully saturated rings. The van der Waals surface area contributed by atoms with Crippen molar-refractivity contribution in [3.05, 3.63) is 41.9 Å². The maximum absolute atomic E-state index is 12.4.